The first-order valence-electron chi connectivity index (χ1n) is 3.47. The summed E-state index contributed by atoms with van der Waals surface area (Å²) in [6.07, 6.45) is 1.51. The lowest BCUT2D eigenvalue weighted by Crippen LogP contribution is -2.12. The number of rotatable bonds is 0. The molecule has 1 aliphatic heterocycles. The molecule has 2 rings (SSSR count). The largest absolute Gasteiger partial charge is 0.257 e. The molecular weight excluding hydrogens is 194 g/mol. The lowest BCUT2D eigenvalue weighted by molar-refractivity contribution is 0.684. The van der Waals surface area contributed by atoms with Crippen LogP contribution in [0.4, 0.5) is 5.69 Å². The molecule has 0 saturated heterocycles. The highest BCUT2D eigenvalue weighted by Crippen LogP contribution is 2.28. The number of hydrogen-bond donors (Lipinski definition) is 0. The fraction of sp³-hybridized carbons (Fsp3) is 0.125. The fourth-order valence-corrected chi connectivity index (χ4v) is 2.35. The van der Waals surface area contributed by atoms with Crippen LogP contribution >= 0.6 is 11.6 Å². The third-order valence-corrected chi connectivity index (χ3v) is 3.52. The van der Waals surface area contributed by atoms with Crippen molar-refractivity contribution in [1.82, 2.24) is 0 Å². The molecule has 62 valence electrons. The van der Waals surface area contributed by atoms with Gasteiger partial charge in [0.25, 0.3) is 0 Å². The van der Waals surface area contributed by atoms with Gasteiger partial charge in [0.15, 0.2) is 0 Å². The molecule has 0 amide bonds. The smallest absolute Gasteiger partial charge is 0.148 e. The van der Waals surface area contributed by atoms with Crippen LogP contribution < -0.4 is 0 Å². The Morgan fingerprint density at radius 2 is 2.17 bits per heavy atom. The van der Waals surface area contributed by atoms with Crippen molar-refractivity contribution in [3.8, 4) is 0 Å². The van der Waals surface area contributed by atoms with E-state index in [-0.39, 0.29) is 0 Å². The van der Waals surface area contributed by atoms with Crippen molar-refractivity contribution in [2.75, 3.05) is 0 Å². The zero-order valence-electron chi connectivity index (χ0n) is 6.11. The van der Waals surface area contributed by atoms with Crippen LogP contribution in [0.2, 0.25) is 0 Å². The number of benzene rings is 1. The maximum Gasteiger partial charge on any atom is 0.148 e. The summed E-state index contributed by atoms with van der Waals surface area (Å²) < 4.78 is 11.0. The van der Waals surface area contributed by atoms with Crippen LogP contribution in [0.25, 0.3) is 0 Å². The minimum Gasteiger partial charge on any atom is -0.257 e. The van der Waals surface area contributed by atoms with Gasteiger partial charge in [-0.2, -0.15) is 0 Å². The van der Waals surface area contributed by atoms with E-state index in [0.717, 1.165) is 10.6 Å². The minimum absolute atomic E-state index is 0.486. The van der Waals surface area contributed by atoms with E-state index >= 15 is 0 Å². The Balaban J connectivity index is 2.59. The fourth-order valence-electron chi connectivity index (χ4n) is 1.05. The number of para-hydroxylation sites is 1. The number of alkyl halides is 1. The Morgan fingerprint density at radius 1 is 1.42 bits per heavy atom. The number of nitrogens with zero attached hydrogens (tertiary/aromatic N) is 1. The number of fused-ring (bicyclic) bond motifs is 1. The summed E-state index contributed by atoms with van der Waals surface area (Å²) in [7, 11) is -1.14. The Kier molecular flexibility index (Phi) is 1.98. The van der Waals surface area contributed by atoms with Gasteiger partial charge < -0.3 is 0 Å². The van der Waals surface area contributed by atoms with Crippen molar-refractivity contribution in [2.45, 2.75) is 9.60 Å². The van der Waals surface area contributed by atoms with E-state index in [4.69, 9.17) is 11.6 Å². The molecule has 4 heteroatoms. The van der Waals surface area contributed by atoms with Gasteiger partial charge in [-0.3, -0.25) is 9.20 Å². The van der Waals surface area contributed by atoms with Gasteiger partial charge in [-0.1, -0.05) is 12.1 Å². The summed E-state index contributed by atoms with van der Waals surface area (Å²) in [4.78, 5) is 4.80. The minimum atomic E-state index is -1.14. The van der Waals surface area contributed by atoms with Gasteiger partial charge in [0.05, 0.1) is 21.4 Å². The zero-order chi connectivity index (χ0) is 8.55. The van der Waals surface area contributed by atoms with Crippen LogP contribution in [-0.2, 0) is 10.8 Å². The Morgan fingerprint density at radius 3 is 3.00 bits per heavy atom. The molecule has 1 aliphatic rings. The zero-order valence-corrected chi connectivity index (χ0v) is 7.68. The summed E-state index contributed by atoms with van der Waals surface area (Å²) in [5, 5.41) is 0. The van der Waals surface area contributed by atoms with Gasteiger partial charge in [-0.05, 0) is 12.1 Å². The first kappa shape index (κ1) is 7.95. The van der Waals surface area contributed by atoms with Crippen molar-refractivity contribution in [3.05, 3.63) is 24.3 Å². The maximum atomic E-state index is 11.5. The average molecular weight is 200 g/mol. The summed E-state index contributed by atoms with van der Waals surface area (Å²) in [6, 6.07) is 7.31. The van der Waals surface area contributed by atoms with Crippen molar-refractivity contribution in [3.63, 3.8) is 0 Å². The molecule has 0 radical (unpaired) electrons. The predicted molar refractivity (Wildman–Crippen MR) is 50.6 cm³/mol. The second-order valence-corrected chi connectivity index (χ2v) is 4.67. The molecule has 2 unspecified atom stereocenters. The van der Waals surface area contributed by atoms with Crippen molar-refractivity contribution >= 4 is 34.3 Å². The summed E-state index contributed by atoms with van der Waals surface area (Å²) in [6.45, 7) is 0. The lowest BCUT2D eigenvalue weighted by atomic mass is 10.3. The second kappa shape index (κ2) is 2.99. The molecule has 0 fully saturated rings. The van der Waals surface area contributed by atoms with Gasteiger partial charge in [-0.25, -0.2) is 0 Å². The van der Waals surface area contributed by atoms with E-state index in [9.17, 15) is 4.21 Å². The molecule has 0 aromatic heterocycles. The van der Waals surface area contributed by atoms with Crippen molar-refractivity contribution < 1.29 is 4.21 Å². The normalized spacial score (nSPS) is 26.8. The molecule has 12 heavy (non-hydrogen) atoms. The first-order chi connectivity index (χ1) is 5.79. The third kappa shape index (κ3) is 1.19. The predicted octanol–water partition coefficient (Wildman–Crippen LogP) is 2.08. The Bertz CT molecular complexity index is 364. The van der Waals surface area contributed by atoms with E-state index in [1.165, 1.54) is 6.21 Å². The van der Waals surface area contributed by atoms with Crippen molar-refractivity contribution in [1.29, 1.82) is 0 Å². The molecule has 0 aliphatic carbocycles. The van der Waals surface area contributed by atoms with Gasteiger partial charge in [0.2, 0.25) is 0 Å². The van der Waals surface area contributed by atoms with Crippen LogP contribution in [0.5, 0.6) is 0 Å². The highest BCUT2D eigenvalue weighted by molar-refractivity contribution is 7.88. The average Bonchev–Trinajstić information content (AvgIpc) is 2.12. The molecular formula is C8H6ClNOS. The molecule has 2 nitrogen and oxygen atoms in total. The molecule has 1 aromatic carbocycles. The molecule has 1 heterocycles. The standard InChI is InChI=1S/C8H6ClNOS/c9-8-5-10-6-3-1-2-4-7(6)12(8)11/h1-5,8H. The highest BCUT2D eigenvalue weighted by atomic mass is 35.5. The monoisotopic (exact) mass is 199 g/mol. The van der Waals surface area contributed by atoms with E-state index in [1.54, 1.807) is 6.07 Å². The molecule has 2 atom stereocenters. The van der Waals surface area contributed by atoms with Crippen LogP contribution in [0.1, 0.15) is 0 Å². The summed E-state index contributed by atoms with van der Waals surface area (Å²) >= 11 is 5.75. The third-order valence-electron chi connectivity index (χ3n) is 1.62. The van der Waals surface area contributed by atoms with E-state index < -0.39 is 15.5 Å². The van der Waals surface area contributed by atoms with Gasteiger partial charge in [0.1, 0.15) is 4.71 Å². The lowest BCUT2D eigenvalue weighted by Gasteiger charge is -2.11. The molecule has 0 bridgehead atoms. The van der Waals surface area contributed by atoms with Gasteiger partial charge in [-0.15, -0.1) is 11.6 Å². The molecule has 0 saturated carbocycles. The highest BCUT2D eigenvalue weighted by Gasteiger charge is 2.19. The topological polar surface area (TPSA) is 29.4 Å². The van der Waals surface area contributed by atoms with E-state index in [1.807, 2.05) is 18.2 Å². The van der Waals surface area contributed by atoms with E-state index in [2.05, 4.69) is 4.99 Å². The summed E-state index contributed by atoms with van der Waals surface area (Å²) in [5.41, 5.74) is 0.757. The number of hydrogen-bond acceptors (Lipinski definition) is 2. The molecule has 1 aromatic rings. The first-order valence-corrected chi connectivity index (χ1v) is 5.12. The molecule has 0 N–H and O–H groups in total. The second-order valence-electron chi connectivity index (χ2n) is 2.39. The van der Waals surface area contributed by atoms with Crippen LogP contribution in [0.15, 0.2) is 34.2 Å². The SMILES string of the molecule is O=S1c2ccccc2N=CC1Cl. The van der Waals surface area contributed by atoms with Crippen molar-refractivity contribution in [2.24, 2.45) is 4.99 Å². The van der Waals surface area contributed by atoms with Crippen LogP contribution in [-0.4, -0.2) is 15.1 Å². The number of halogens is 1. The molecule has 0 spiro atoms. The maximum absolute atomic E-state index is 11.5. The Labute approximate surface area is 77.7 Å². The number of aliphatic imine (C=N–C) groups is 1. The quantitative estimate of drug-likeness (QED) is 0.589. The van der Waals surface area contributed by atoms with Crippen LogP contribution in [0.3, 0.4) is 0 Å². The van der Waals surface area contributed by atoms with E-state index in [0.29, 0.717) is 0 Å². The van der Waals surface area contributed by atoms with Crippen LogP contribution in [0, 0.1) is 0 Å². The Hall–Kier alpha value is -0.670. The summed E-state index contributed by atoms with van der Waals surface area (Å²) in [5.74, 6) is 0. The van der Waals surface area contributed by atoms with Gasteiger partial charge in [0, 0.05) is 6.21 Å². The van der Waals surface area contributed by atoms with Gasteiger partial charge >= 0.3 is 0 Å².